The lowest BCUT2D eigenvalue weighted by atomic mass is 9.45. The second kappa shape index (κ2) is 5.29. The summed E-state index contributed by atoms with van der Waals surface area (Å²) >= 11 is 0. The van der Waals surface area contributed by atoms with Gasteiger partial charge in [-0.15, -0.1) is 0 Å². The summed E-state index contributed by atoms with van der Waals surface area (Å²) in [7, 11) is 0. The summed E-state index contributed by atoms with van der Waals surface area (Å²) in [5.74, 6) is 3.90. The molecule has 0 bridgehead atoms. The predicted octanol–water partition coefficient (Wildman–Crippen LogP) is 4.97. The molecule has 0 amide bonds. The number of Topliss-reactive ketones (excluding diaryl/α,β-unsaturated/α-hetero) is 1. The first-order valence-electron chi connectivity index (χ1n) is 10.1. The molecule has 0 radical (unpaired) electrons. The Labute approximate surface area is 146 Å². The van der Waals surface area contributed by atoms with Crippen LogP contribution >= 0.6 is 0 Å². The molecule has 0 N–H and O–H groups in total. The van der Waals surface area contributed by atoms with Gasteiger partial charge in [-0.3, -0.25) is 9.59 Å². The molecular formula is C22H32O2. The molecule has 0 aliphatic heterocycles. The van der Waals surface area contributed by atoms with Crippen LogP contribution in [0.15, 0.2) is 11.6 Å². The molecule has 0 aromatic carbocycles. The summed E-state index contributed by atoms with van der Waals surface area (Å²) in [6.45, 7) is 9.32. The summed E-state index contributed by atoms with van der Waals surface area (Å²) in [5.41, 5.74) is 1.60. The van der Waals surface area contributed by atoms with Crippen LogP contribution in [0.1, 0.15) is 72.6 Å². The van der Waals surface area contributed by atoms with Crippen LogP contribution < -0.4 is 0 Å². The summed E-state index contributed by atoms with van der Waals surface area (Å²) in [6, 6.07) is 0. The number of allylic oxidation sites excluding steroid dienone is 1. The topological polar surface area (TPSA) is 34.1 Å². The molecule has 2 heteroatoms. The Morgan fingerprint density at radius 1 is 1.00 bits per heavy atom. The quantitative estimate of drug-likeness (QED) is 0.681. The molecule has 24 heavy (non-hydrogen) atoms. The van der Waals surface area contributed by atoms with Gasteiger partial charge in [0.05, 0.1) is 0 Å². The fourth-order valence-electron chi connectivity index (χ4n) is 7.10. The van der Waals surface area contributed by atoms with Gasteiger partial charge in [-0.05, 0) is 73.2 Å². The maximum atomic E-state index is 12.6. The van der Waals surface area contributed by atoms with Gasteiger partial charge in [0, 0.05) is 18.3 Å². The molecule has 6 atom stereocenters. The standard InChI is InChI=1S/C22H32O2/c1-13(2)15-12-16-17-5-6-20(24)22(17,4)10-8-18(16)21(3)9-7-14(23)11-19(15)21/h11,13,15-18H,5-10,12H2,1-4H3/t15-,16?,17?,18?,21?,22?/m0/s1. The second-order valence-electron chi connectivity index (χ2n) is 9.86. The third-order valence-electron chi connectivity index (χ3n) is 8.56. The first-order valence-corrected chi connectivity index (χ1v) is 10.1. The van der Waals surface area contributed by atoms with Crippen LogP contribution in [-0.2, 0) is 9.59 Å². The van der Waals surface area contributed by atoms with Gasteiger partial charge in [-0.2, -0.15) is 0 Å². The molecule has 5 unspecified atom stereocenters. The monoisotopic (exact) mass is 328 g/mol. The van der Waals surface area contributed by atoms with E-state index in [1.54, 1.807) is 0 Å². The van der Waals surface area contributed by atoms with Crippen LogP contribution in [-0.4, -0.2) is 11.6 Å². The van der Waals surface area contributed by atoms with Crippen molar-refractivity contribution < 1.29 is 9.59 Å². The Kier molecular flexibility index (Phi) is 3.64. The maximum Gasteiger partial charge on any atom is 0.155 e. The molecule has 0 heterocycles. The van der Waals surface area contributed by atoms with Crippen LogP contribution in [0.2, 0.25) is 0 Å². The number of ketones is 2. The molecule has 0 aromatic heterocycles. The molecule has 4 rings (SSSR count). The predicted molar refractivity (Wildman–Crippen MR) is 95.4 cm³/mol. The van der Waals surface area contributed by atoms with Crippen molar-refractivity contribution in [3.05, 3.63) is 11.6 Å². The smallest absolute Gasteiger partial charge is 0.155 e. The van der Waals surface area contributed by atoms with Gasteiger partial charge in [-0.1, -0.05) is 33.3 Å². The third kappa shape index (κ3) is 2.07. The Morgan fingerprint density at radius 3 is 2.42 bits per heavy atom. The van der Waals surface area contributed by atoms with Crippen molar-refractivity contribution in [1.82, 2.24) is 0 Å². The van der Waals surface area contributed by atoms with Gasteiger partial charge in [-0.25, -0.2) is 0 Å². The fraction of sp³-hybridized carbons (Fsp3) is 0.818. The SMILES string of the molecule is CC(C)[C@@H]1CC2C3CCC(=O)C3(C)CCC2C2(C)CCC(=O)C=C12. The summed E-state index contributed by atoms with van der Waals surface area (Å²) in [5, 5.41) is 0. The summed E-state index contributed by atoms with van der Waals surface area (Å²) < 4.78 is 0. The molecule has 0 aromatic rings. The van der Waals surface area contributed by atoms with E-state index >= 15 is 0 Å². The molecular weight excluding hydrogens is 296 g/mol. The van der Waals surface area contributed by atoms with Crippen LogP contribution in [0.3, 0.4) is 0 Å². The number of hydrogen-bond acceptors (Lipinski definition) is 2. The van der Waals surface area contributed by atoms with E-state index in [1.165, 1.54) is 18.4 Å². The fourth-order valence-corrected chi connectivity index (χ4v) is 7.10. The van der Waals surface area contributed by atoms with Crippen molar-refractivity contribution in [2.75, 3.05) is 0 Å². The minimum atomic E-state index is -0.0508. The van der Waals surface area contributed by atoms with Crippen LogP contribution in [0.25, 0.3) is 0 Å². The zero-order valence-corrected chi connectivity index (χ0v) is 15.7. The zero-order valence-electron chi connectivity index (χ0n) is 15.7. The number of carbonyl (C=O) groups excluding carboxylic acids is 2. The Balaban J connectivity index is 1.77. The normalized spacial score (nSPS) is 48.0. The molecule has 4 aliphatic carbocycles. The van der Waals surface area contributed by atoms with Crippen molar-refractivity contribution in [3.63, 3.8) is 0 Å². The molecule has 3 fully saturated rings. The molecule has 0 spiro atoms. The lowest BCUT2D eigenvalue weighted by Gasteiger charge is -2.59. The highest BCUT2D eigenvalue weighted by Crippen LogP contribution is 2.66. The minimum absolute atomic E-state index is 0.0508. The molecule has 0 saturated heterocycles. The summed E-state index contributed by atoms with van der Waals surface area (Å²) in [6.07, 6.45) is 9.12. The van der Waals surface area contributed by atoms with Crippen molar-refractivity contribution in [2.45, 2.75) is 72.6 Å². The third-order valence-corrected chi connectivity index (χ3v) is 8.56. The van der Waals surface area contributed by atoms with Crippen molar-refractivity contribution in [1.29, 1.82) is 0 Å². The lowest BCUT2D eigenvalue weighted by Crippen LogP contribution is -2.53. The maximum absolute atomic E-state index is 12.6. The minimum Gasteiger partial charge on any atom is -0.299 e. The average molecular weight is 328 g/mol. The van der Waals surface area contributed by atoms with Gasteiger partial charge >= 0.3 is 0 Å². The Hall–Kier alpha value is -0.920. The Bertz CT molecular complexity index is 615. The van der Waals surface area contributed by atoms with Gasteiger partial charge in [0.15, 0.2) is 5.78 Å². The van der Waals surface area contributed by atoms with Crippen molar-refractivity contribution in [2.24, 2.45) is 40.4 Å². The van der Waals surface area contributed by atoms with Crippen molar-refractivity contribution >= 4 is 11.6 Å². The van der Waals surface area contributed by atoms with Gasteiger partial charge < -0.3 is 0 Å². The van der Waals surface area contributed by atoms with Crippen LogP contribution in [0, 0.1) is 40.4 Å². The van der Waals surface area contributed by atoms with E-state index in [9.17, 15) is 9.59 Å². The second-order valence-corrected chi connectivity index (χ2v) is 9.86. The first-order chi connectivity index (χ1) is 11.3. The highest BCUT2D eigenvalue weighted by Gasteiger charge is 2.60. The highest BCUT2D eigenvalue weighted by atomic mass is 16.1. The zero-order chi connectivity index (χ0) is 17.3. The molecule has 2 nitrogen and oxygen atoms in total. The van der Waals surface area contributed by atoms with E-state index in [2.05, 4.69) is 27.7 Å². The highest BCUT2D eigenvalue weighted by molar-refractivity contribution is 5.92. The molecule has 4 aliphatic rings. The van der Waals surface area contributed by atoms with E-state index in [4.69, 9.17) is 0 Å². The number of carbonyl (C=O) groups is 2. The lowest BCUT2D eigenvalue weighted by molar-refractivity contribution is -0.133. The van der Waals surface area contributed by atoms with Gasteiger partial charge in [0.1, 0.15) is 5.78 Å². The van der Waals surface area contributed by atoms with E-state index in [0.29, 0.717) is 41.2 Å². The van der Waals surface area contributed by atoms with E-state index in [-0.39, 0.29) is 10.8 Å². The first kappa shape index (κ1) is 16.5. The number of hydrogen-bond donors (Lipinski definition) is 0. The van der Waals surface area contributed by atoms with Crippen LogP contribution in [0.4, 0.5) is 0 Å². The van der Waals surface area contributed by atoms with E-state index < -0.39 is 0 Å². The molecule has 3 saturated carbocycles. The van der Waals surface area contributed by atoms with Gasteiger partial charge in [0.25, 0.3) is 0 Å². The average Bonchev–Trinajstić information content (AvgIpc) is 2.83. The van der Waals surface area contributed by atoms with E-state index in [1.807, 2.05) is 6.08 Å². The largest absolute Gasteiger partial charge is 0.299 e. The number of fused-ring (bicyclic) bond motifs is 5. The summed E-state index contributed by atoms with van der Waals surface area (Å²) in [4.78, 5) is 24.7. The van der Waals surface area contributed by atoms with Gasteiger partial charge in [0.2, 0.25) is 0 Å². The van der Waals surface area contributed by atoms with Crippen molar-refractivity contribution in [3.8, 4) is 0 Å². The van der Waals surface area contributed by atoms with Crippen LogP contribution in [0.5, 0.6) is 0 Å². The van der Waals surface area contributed by atoms with E-state index in [0.717, 1.165) is 32.1 Å². The number of rotatable bonds is 1. The Morgan fingerprint density at radius 2 is 1.71 bits per heavy atom. The molecule has 132 valence electrons.